The summed E-state index contributed by atoms with van der Waals surface area (Å²) in [5.74, 6) is 0. The first kappa shape index (κ1) is 7.95. The molecule has 0 aliphatic carbocycles. The van der Waals surface area contributed by atoms with E-state index in [1.54, 1.807) is 17.5 Å². The molecule has 0 atom stereocenters. The van der Waals surface area contributed by atoms with E-state index in [9.17, 15) is 0 Å². The van der Waals surface area contributed by atoms with Crippen LogP contribution in [0.1, 0.15) is 0 Å². The Bertz CT molecular complexity index is 370. The maximum absolute atomic E-state index is 4.16. The molecular formula is C9H6BrNS. The largest absolute Gasteiger partial charge is 0.249 e. The van der Waals surface area contributed by atoms with Gasteiger partial charge in [0.05, 0.1) is 0 Å². The number of pyridine rings is 1. The highest BCUT2D eigenvalue weighted by Gasteiger charge is 2.02. The normalized spacial score (nSPS) is 10.1. The summed E-state index contributed by atoms with van der Waals surface area (Å²) in [6, 6.07) is 8.13. The summed E-state index contributed by atoms with van der Waals surface area (Å²) in [4.78, 5) is 5.40. The lowest BCUT2D eigenvalue weighted by Crippen LogP contribution is -1.78. The molecule has 1 nitrogen and oxygen atoms in total. The van der Waals surface area contributed by atoms with Crippen molar-refractivity contribution in [2.45, 2.75) is 0 Å². The van der Waals surface area contributed by atoms with Gasteiger partial charge < -0.3 is 0 Å². The van der Waals surface area contributed by atoms with Crippen molar-refractivity contribution in [2.75, 3.05) is 0 Å². The van der Waals surface area contributed by atoms with Gasteiger partial charge in [-0.25, -0.2) is 4.98 Å². The van der Waals surface area contributed by atoms with Gasteiger partial charge in [0, 0.05) is 16.6 Å². The monoisotopic (exact) mass is 239 g/mol. The number of nitrogens with zero attached hydrogens (tertiary/aromatic N) is 1. The van der Waals surface area contributed by atoms with Crippen LogP contribution in [0.5, 0.6) is 0 Å². The van der Waals surface area contributed by atoms with Crippen molar-refractivity contribution in [1.29, 1.82) is 0 Å². The zero-order valence-electron chi connectivity index (χ0n) is 6.20. The molecule has 0 aromatic carbocycles. The van der Waals surface area contributed by atoms with Crippen LogP contribution < -0.4 is 0 Å². The van der Waals surface area contributed by atoms with Gasteiger partial charge in [0.1, 0.15) is 4.60 Å². The molecule has 0 saturated heterocycles. The smallest absolute Gasteiger partial charge is 0.114 e. The van der Waals surface area contributed by atoms with E-state index >= 15 is 0 Å². The molecule has 0 fully saturated rings. The lowest BCUT2D eigenvalue weighted by molar-refractivity contribution is 1.28. The molecule has 2 aromatic heterocycles. The van der Waals surface area contributed by atoms with Crippen LogP contribution in [0.25, 0.3) is 10.4 Å². The first-order valence-corrected chi connectivity index (χ1v) is 5.19. The average molecular weight is 240 g/mol. The van der Waals surface area contributed by atoms with Crippen molar-refractivity contribution < 1.29 is 0 Å². The van der Waals surface area contributed by atoms with Crippen molar-refractivity contribution in [3.8, 4) is 10.4 Å². The van der Waals surface area contributed by atoms with Crippen molar-refractivity contribution in [2.24, 2.45) is 0 Å². The molecule has 60 valence electrons. The van der Waals surface area contributed by atoms with Crippen molar-refractivity contribution in [3.05, 3.63) is 40.4 Å². The molecule has 0 amide bonds. The van der Waals surface area contributed by atoms with Gasteiger partial charge in [-0.05, 0) is 39.5 Å². The quantitative estimate of drug-likeness (QED) is 0.694. The van der Waals surface area contributed by atoms with Crippen LogP contribution in [0.2, 0.25) is 0 Å². The maximum atomic E-state index is 4.16. The third kappa shape index (κ3) is 1.42. The van der Waals surface area contributed by atoms with Crippen molar-refractivity contribution in [3.63, 3.8) is 0 Å². The second-order valence-corrected chi connectivity index (χ2v) is 4.02. The Morgan fingerprint density at radius 1 is 1.25 bits per heavy atom. The number of thiophene rings is 1. The first-order valence-electron chi connectivity index (χ1n) is 3.52. The van der Waals surface area contributed by atoms with Crippen LogP contribution in [0.4, 0.5) is 0 Å². The highest BCUT2D eigenvalue weighted by atomic mass is 79.9. The summed E-state index contributed by atoms with van der Waals surface area (Å²) in [5.41, 5.74) is 1.16. The number of hydrogen-bond acceptors (Lipinski definition) is 2. The van der Waals surface area contributed by atoms with E-state index in [-0.39, 0.29) is 0 Å². The van der Waals surface area contributed by atoms with E-state index in [2.05, 4.69) is 38.4 Å². The van der Waals surface area contributed by atoms with E-state index < -0.39 is 0 Å². The Balaban J connectivity index is 2.55. The standard InChI is InChI=1S/C9H6BrNS/c10-9-7(3-1-5-11-9)8-4-2-6-12-8/h1-6H. The molecule has 0 spiro atoms. The third-order valence-corrected chi connectivity index (χ3v) is 3.08. The van der Waals surface area contributed by atoms with Crippen LogP contribution in [-0.2, 0) is 0 Å². The van der Waals surface area contributed by atoms with Crippen LogP contribution in [-0.4, -0.2) is 4.98 Å². The molecule has 12 heavy (non-hydrogen) atoms. The second kappa shape index (κ2) is 3.37. The SMILES string of the molecule is Brc1ncccc1-c1cccs1. The third-order valence-electron chi connectivity index (χ3n) is 1.55. The molecule has 2 heterocycles. The minimum atomic E-state index is 0.910. The molecule has 0 aliphatic rings. The van der Waals surface area contributed by atoms with Crippen LogP contribution in [0, 0.1) is 0 Å². The van der Waals surface area contributed by atoms with Gasteiger partial charge >= 0.3 is 0 Å². The minimum Gasteiger partial charge on any atom is -0.249 e. The van der Waals surface area contributed by atoms with E-state index in [4.69, 9.17) is 0 Å². The summed E-state index contributed by atoms with van der Waals surface area (Å²) in [5, 5.41) is 2.06. The average Bonchev–Trinajstić information content (AvgIpc) is 2.57. The molecule has 0 radical (unpaired) electrons. The highest BCUT2D eigenvalue weighted by Crippen LogP contribution is 2.29. The molecule has 0 bridgehead atoms. The summed E-state index contributed by atoms with van der Waals surface area (Å²) in [7, 11) is 0. The fourth-order valence-electron chi connectivity index (χ4n) is 1.00. The van der Waals surface area contributed by atoms with E-state index in [1.165, 1.54) is 4.88 Å². The summed E-state index contributed by atoms with van der Waals surface area (Å²) in [6.45, 7) is 0. The predicted molar refractivity (Wildman–Crippen MR) is 55.3 cm³/mol. The number of hydrogen-bond donors (Lipinski definition) is 0. The Kier molecular flexibility index (Phi) is 2.23. The van der Waals surface area contributed by atoms with E-state index in [0.29, 0.717) is 0 Å². The number of aromatic nitrogens is 1. The van der Waals surface area contributed by atoms with E-state index in [0.717, 1.165) is 10.2 Å². The van der Waals surface area contributed by atoms with Gasteiger partial charge in [0.25, 0.3) is 0 Å². The number of halogens is 1. The molecule has 0 unspecified atom stereocenters. The summed E-state index contributed by atoms with van der Waals surface area (Å²) >= 11 is 5.13. The summed E-state index contributed by atoms with van der Waals surface area (Å²) < 4.78 is 0.910. The van der Waals surface area contributed by atoms with Gasteiger partial charge in [0.2, 0.25) is 0 Å². The lowest BCUT2D eigenvalue weighted by atomic mass is 10.2. The Labute approximate surface area is 83.2 Å². The van der Waals surface area contributed by atoms with Gasteiger partial charge in [-0.3, -0.25) is 0 Å². The van der Waals surface area contributed by atoms with Gasteiger partial charge in [0.15, 0.2) is 0 Å². The van der Waals surface area contributed by atoms with Crippen molar-refractivity contribution >= 4 is 27.3 Å². The molecule has 0 saturated carbocycles. The fourth-order valence-corrected chi connectivity index (χ4v) is 2.35. The zero-order valence-corrected chi connectivity index (χ0v) is 8.60. The highest BCUT2D eigenvalue weighted by molar-refractivity contribution is 9.10. The van der Waals surface area contributed by atoms with Gasteiger partial charge in [-0.15, -0.1) is 11.3 Å². The molecule has 0 aliphatic heterocycles. The van der Waals surface area contributed by atoms with Crippen molar-refractivity contribution in [1.82, 2.24) is 4.98 Å². The topological polar surface area (TPSA) is 12.9 Å². The maximum Gasteiger partial charge on any atom is 0.114 e. The van der Waals surface area contributed by atoms with E-state index in [1.807, 2.05) is 12.1 Å². The van der Waals surface area contributed by atoms with Crippen LogP contribution in [0.15, 0.2) is 40.4 Å². The second-order valence-electron chi connectivity index (χ2n) is 2.32. The lowest BCUT2D eigenvalue weighted by Gasteiger charge is -1.97. The molecular weight excluding hydrogens is 234 g/mol. The van der Waals surface area contributed by atoms with Gasteiger partial charge in [-0.1, -0.05) is 6.07 Å². The number of rotatable bonds is 1. The Hall–Kier alpha value is -0.670. The van der Waals surface area contributed by atoms with Crippen LogP contribution in [0.3, 0.4) is 0 Å². The van der Waals surface area contributed by atoms with Crippen LogP contribution >= 0.6 is 27.3 Å². The zero-order chi connectivity index (χ0) is 8.39. The minimum absolute atomic E-state index is 0.910. The Morgan fingerprint density at radius 3 is 2.83 bits per heavy atom. The molecule has 2 aromatic rings. The molecule has 3 heteroatoms. The van der Waals surface area contributed by atoms with Gasteiger partial charge in [-0.2, -0.15) is 0 Å². The predicted octanol–water partition coefficient (Wildman–Crippen LogP) is 3.57. The Morgan fingerprint density at radius 2 is 2.17 bits per heavy atom. The molecule has 0 N–H and O–H groups in total. The first-order chi connectivity index (χ1) is 5.88. The fraction of sp³-hybridized carbons (Fsp3) is 0. The summed E-state index contributed by atoms with van der Waals surface area (Å²) in [6.07, 6.45) is 1.78. The molecule has 2 rings (SSSR count).